The molecule has 0 radical (unpaired) electrons. The predicted molar refractivity (Wildman–Crippen MR) is 77.2 cm³/mol. The lowest BCUT2D eigenvalue weighted by Gasteiger charge is -2.23. The lowest BCUT2D eigenvalue weighted by molar-refractivity contribution is 0.0554. The van der Waals surface area contributed by atoms with E-state index in [4.69, 9.17) is 23.2 Å². The molecule has 0 aliphatic heterocycles. The van der Waals surface area contributed by atoms with E-state index in [1.165, 1.54) is 12.1 Å². The van der Waals surface area contributed by atoms with E-state index in [9.17, 15) is 13.5 Å². The zero-order valence-corrected chi connectivity index (χ0v) is 13.1. The van der Waals surface area contributed by atoms with Crippen molar-refractivity contribution in [1.29, 1.82) is 0 Å². The van der Waals surface area contributed by atoms with Gasteiger partial charge in [0.15, 0.2) is 0 Å². The van der Waals surface area contributed by atoms with Crippen molar-refractivity contribution in [2.75, 3.05) is 6.54 Å². The number of sulfonamides is 1. The SMILES string of the molecule is CCCC(C)(O)CNS(=O)(=O)c1c(Cl)cccc1Cl. The van der Waals surface area contributed by atoms with Crippen LogP contribution in [0.3, 0.4) is 0 Å². The maximum Gasteiger partial charge on any atom is 0.243 e. The Hall–Kier alpha value is -0.330. The standard InChI is InChI=1S/C12H17Cl2NO3S/c1-3-7-12(2,16)8-15-19(17,18)11-9(13)5-4-6-10(11)14/h4-6,15-16H,3,7-8H2,1-2H3. The minimum absolute atomic E-state index is 0.0511. The van der Waals surface area contributed by atoms with Crippen LogP contribution in [0.2, 0.25) is 10.0 Å². The molecule has 0 spiro atoms. The summed E-state index contributed by atoms with van der Waals surface area (Å²) in [5, 5.41) is 10.1. The predicted octanol–water partition coefficient (Wildman–Crippen LogP) is 2.82. The quantitative estimate of drug-likeness (QED) is 0.845. The molecule has 0 saturated carbocycles. The van der Waals surface area contributed by atoms with Gasteiger partial charge in [-0.05, 0) is 25.5 Å². The van der Waals surface area contributed by atoms with E-state index in [2.05, 4.69) is 4.72 Å². The first-order valence-electron chi connectivity index (χ1n) is 5.85. The Kier molecular flexibility index (Phi) is 5.65. The van der Waals surface area contributed by atoms with Gasteiger partial charge in [-0.1, -0.05) is 42.6 Å². The highest BCUT2D eigenvalue weighted by atomic mass is 35.5. The molecule has 0 heterocycles. The van der Waals surface area contributed by atoms with Crippen LogP contribution in [0.15, 0.2) is 23.1 Å². The fraction of sp³-hybridized carbons (Fsp3) is 0.500. The highest BCUT2D eigenvalue weighted by Gasteiger charge is 2.26. The fourth-order valence-corrected chi connectivity index (χ4v) is 3.99. The first-order chi connectivity index (χ1) is 8.69. The van der Waals surface area contributed by atoms with E-state index in [1.54, 1.807) is 13.0 Å². The van der Waals surface area contributed by atoms with Crippen molar-refractivity contribution in [3.8, 4) is 0 Å². The average Bonchev–Trinajstić information content (AvgIpc) is 2.26. The molecule has 0 bridgehead atoms. The Bertz CT molecular complexity index is 524. The molecule has 0 fully saturated rings. The second kappa shape index (κ2) is 6.41. The molecule has 7 heteroatoms. The van der Waals surface area contributed by atoms with E-state index in [1.807, 2.05) is 6.92 Å². The highest BCUT2D eigenvalue weighted by molar-refractivity contribution is 7.89. The zero-order valence-electron chi connectivity index (χ0n) is 10.8. The average molecular weight is 326 g/mol. The van der Waals surface area contributed by atoms with Crippen LogP contribution in [0.25, 0.3) is 0 Å². The van der Waals surface area contributed by atoms with Crippen LogP contribution in [0.4, 0.5) is 0 Å². The Morgan fingerprint density at radius 2 is 1.84 bits per heavy atom. The van der Waals surface area contributed by atoms with Gasteiger partial charge in [0, 0.05) is 6.54 Å². The normalized spacial score (nSPS) is 15.2. The molecule has 0 amide bonds. The number of hydrogen-bond acceptors (Lipinski definition) is 3. The van der Waals surface area contributed by atoms with Crippen LogP contribution in [-0.2, 0) is 10.0 Å². The van der Waals surface area contributed by atoms with Gasteiger partial charge < -0.3 is 5.11 Å². The lowest BCUT2D eigenvalue weighted by Crippen LogP contribution is -2.40. The van der Waals surface area contributed by atoms with Gasteiger partial charge in [-0.25, -0.2) is 13.1 Å². The highest BCUT2D eigenvalue weighted by Crippen LogP contribution is 2.28. The summed E-state index contributed by atoms with van der Waals surface area (Å²) in [5.41, 5.74) is -1.10. The monoisotopic (exact) mass is 325 g/mol. The molecule has 0 saturated heterocycles. The van der Waals surface area contributed by atoms with Crippen LogP contribution in [0, 0.1) is 0 Å². The number of halogens is 2. The summed E-state index contributed by atoms with van der Waals surface area (Å²) in [6, 6.07) is 4.47. The Labute approximate surface area is 123 Å². The second-order valence-corrected chi connectivity index (χ2v) is 7.14. The molecule has 0 aliphatic carbocycles. The molecular formula is C12H17Cl2NO3S. The first-order valence-corrected chi connectivity index (χ1v) is 8.09. The van der Waals surface area contributed by atoms with Crippen molar-refractivity contribution in [3.63, 3.8) is 0 Å². The Morgan fingerprint density at radius 1 is 1.32 bits per heavy atom. The van der Waals surface area contributed by atoms with Gasteiger partial charge in [-0.3, -0.25) is 0 Å². The Balaban J connectivity index is 2.94. The number of hydrogen-bond donors (Lipinski definition) is 2. The third-order valence-corrected chi connectivity index (χ3v) is 4.97. The van der Waals surface area contributed by atoms with Crippen molar-refractivity contribution >= 4 is 33.2 Å². The van der Waals surface area contributed by atoms with Crippen molar-refractivity contribution < 1.29 is 13.5 Å². The van der Waals surface area contributed by atoms with Gasteiger partial charge in [-0.2, -0.15) is 0 Å². The van der Waals surface area contributed by atoms with Crippen LogP contribution in [0.1, 0.15) is 26.7 Å². The maximum atomic E-state index is 12.1. The third-order valence-electron chi connectivity index (χ3n) is 2.62. The summed E-state index contributed by atoms with van der Waals surface area (Å²) >= 11 is 11.7. The fourth-order valence-electron chi connectivity index (χ4n) is 1.69. The van der Waals surface area contributed by atoms with Gasteiger partial charge in [0.1, 0.15) is 4.90 Å². The summed E-state index contributed by atoms with van der Waals surface area (Å²) in [4.78, 5) is -0.161. The molecule has 1 aromatic rings. The van der Waals surface area contributed by atoms with Crippen LogP contribution in [0.5, 0.6) is 0 Å². The lowest BCUT2D eigenvalue weighted by atomic mass is 10.0. The van der Waals surface area contributed by atoms with Crippen molar-refractivity contribution in [2.24, 2.45) is 0 Å². The van der Waals surface area contributed by atoms with Crippen molar-refractivity contribution in [3.05, 3.63) is 28.2 Å². The van der Waals surface area contributed by atoms with E-state index in [0.717, 1.165) is 6.42 Å². The number of nitrogens with one attached hydrogen (secondary N) is 1. The Morgan fingerprint density at radius 3 is 2.32 bits per heavy atom. The van der Waals surface area contributed by atoms with E-state index in [-0.39, 0.29) is 21.5 Å². The summed E-state index contributed by atoms with van der Waals surface area (Å²) in [6.07, 6.45) is 1.24. The molecule has 0 aromatic heterocycles. The maximum absolute atomic E-state index is 12.1. The third kappa shape index (κ3) is 4.61. The second-order valence-electron chi connectivity index (χ2n) is 4.62. The van der Waals surface area contributed by atoms with Gasteiger partial charge in [-0.15, -0.1) is 0 Å². The first kappa shape index (κ1) is 16.7. The molecule has 0 aliphatic rings. The largest absolute Gasteiger partial charge is 0.389 e. The molecule has 4 nitrogen and oxygen atoms in total. The summed E-state index contributed by atoms with van der Waals surface area (Å²) < 4.78 is 26.6. The molecule has 1 aromatic carbocycles. The number of aliphatic hydroxyl groups is 1. The van der Waals surface area contributed by atoms with Crippen molar-refractivity contribution in [2.45, 2.75) is 37.2 Å². The zero-order chi connectivity index (χ0) is 14.7. The van der Waals surface area contributed by atoms with E-state index in [0.29, 0.717) is 6.42 Å². The summed E-state index contributed by atoms with van der Waals surface area (Å²) in [5.74, 6) is 0. The smallest absolute Gasteiger partial charge is 0.243 e. The van der Waals surface area contributed by atoms with Gasteiger partial charge in [0.25, 0.3) is 0 Å². The van der Waals surface area contributed by atoms with E-state index >= 15 is 0 Å². The molecule has 1 unspecified atom stereocenters. The van der Waals surface area contributed by atoms with Crippen LogP contribution >= 0.6 is 23.2 Å². The minimum atomic E-state index is -3.85. The minimum Gasteiger partial charge on any atom is -0.389 e. The molecule has 1 atom stereocenters. The molecule has 2 N–H and O–H groups in total. The number of benzene rings is 1. The van der Waals surface area contributed by atoms with Gasteiger partial charge >= 0.3 is 0 Å². The summed E-state index contributed by atoms with van der Waals surface area (Å²) in [6.45, 7) is 3.39. The van der Waals surface area contributed by atoms with Gasteiger partial charge in [0.05, 0.1) is 15.6 Å². The molecule has 19 heavy (non-hydrogen) atoms. The van der Waals surface area contributed by atoms with Crippen molar-refractivity contribution in [1.82, 2.24) is 4.72 Å². The van der Waals surface area contributed by atoms with Crippen LogP contribution < -0.4 is 4.72 Å². The topological polar surface area (TPSA) is 66.4 Å². The van der Waals surface area contributed by atoms with Gasteiger partial charge in [0.2, 0.25) is 10.0 Å². The van der Waals surface area contributed by atoms with Crippen LogP contribution in [-0.4, -0.2) is 25.7 Å². The molecule has 108 valence electrons. The molecular weight excluding hydrogens is 309 g/mol. The van der Waals surface area contributed by atoms with E-state index < -0.39 is 15.6 Å². The number of rotatable bonds is 6. The summed E-state index contributed by atoms with van der Waals surface area (Å²) in [7, 11) is -3.85. The molecule has 1 rings (SSSR count).